The van der Waals surface area contributed by atoms with E-state index in [2.05, 4.69) is 23.6 Å². The molecular formula is C24H30N2O2. The summed E-state index contributed by atoms with van der Waals surface area (Å²) in [6.07, 6.45) is 1.10. The highest BCUT2D eigenvalue weighted by molar-refractivity contribution is 5.96. The van der Waals surface area contributed by atoms with Gasteiger partial charge in [0.15, 0.2) is 11.6 Å². The monoisotopic (exact) mass is 378 g/mol. The Hall–Kier alpha value is -2.30. The molecule has 28 heavy (non-hydrogen) atoms. The van der Waals surface area contributed by atoms with Gasteiger partial charge in [0.1, 0.15) is 0 Å². The molecule has 1 aliphatic rings. The second kappa shape index (κ2) is 9.76. The molecule has 1 aliphatic heterocycles. The molecule has 1 saturated heterocycles. The summed E-state index contributed by atoms with van der Waals surface area (Å²) >= 11 is 0. The zero-order valence-corrected chi connectivity index (χ0v) is 16.9. The van der Waals surface area contributed by atoms with Gasteiger partial charge < -0.3 is 0 Å². The predicted octanol–water partition coefficient (Wildman–Crippen LogP) is 3.93. The lowest BCUT2D eigenvalue weighted by Gasteiger charge is -2.40. The van der Waals surface area contributed by atoms with E-state index < -0.39 is 0 Å². The fourth-order valence-electron chi connectivity index (χ4n) is 3.90. The Morgan fingerprint density at radius 1 is 0.679 bits per heavy atom. The van der Waals surface area contributed by atoms with Crippen LogP contribution in [0, 0.1) is 0 Å². The minimum Gasteiger partial charge on any atom is -0.298 e. The smallest absolute Gasteiger partial charge is 0.164 e. The maximum absolute atomic E-state index is 12.5. The van der Waals surface area contributed by atoms with Gasteiger partial charge in [0.25, 0.3) is 0 Å². The molecule has 0 bridgehead atoms. The number of Topliss-reactive ketones (excluding diaryl/α,β-unsaturated/α-hetero) is 2. The van der Waals surface area contributed by atoms with Crippen molar-refractivity contribution in [2.45, 2.75) is 38.8 Å². The van der Waals surface area contributed by atoms with Crippen molar-refractivity contribution >= 4 is 11.6 Å². The maximum atomic E-state index is 12.5. The lowest BCUT2D eigenvalue weighted by Crippen LogP contribution is -2.52. The summed E-state index contributed by atoms with van der Waals surface area (Å²) in [6.45, 7) is 8.03. The van der Waals surface area contributed by atoms with Crippen LogP contribution >= 0.6 is 0 Å². The van der Waals surface area contributed by atoms with Crippen molar-refractivity contribution in [3.05, 3.63) is 71.8 Å². The van der Waals surface area contributed by atoms with E-state index in [9.17, 15) is 9.59 Å². The van der Waals surface area contributed by atoms with E-state index in [4.69, 9.17) is 0 Å². The average molecular weight is 379 g/mol. The summed E-state index contributed by atoms with van der Waals surface area (Å²) in [5.74, 6) is 0.412. The van der Waals surface area contributed by atoms with Crippen molar-refractivity contribution in [1.82, 2.24) is 9.80 Å². The molecule has 0 amide bonds. The summed E-state index contributed by atoms with van der Waals surface area (Å²) in [4.78, 5) is 29.7. The Kier molecular flexibility index (Phi) is 7.12. The molecule has 2 unspecified atom stereocenters. The minimum absolute atomic E-state index is 0.206. The van der Waals surface area contributed by atoms with Gasteiger partial charge >= 0.3 is 0 Å². The van der Waals surface area contributed by atoms with Gasteiger partial charge in [-0.25, -0.2) is 0 Å². The molecule has 4 nitrogen and oxygen atoms in total. The highest BCUT2D eigenvalue weighted by atomic mass is 16.1. The average Bonchev–Trinajstić information content (AvgIpc) is 2.75. The summed E-state index contributed by atoms with van der Waals surface area (Å²) < 4.78 is 0. The molecule has 0 spiro atoms. The van der Waals surface area contributed by atoms with Crippen molar-refractivity contribution in [2.24, 2.45) is 0 Å². The van der Waals surface area contributed by atoms with Crippen LogP contribution in [-0.2, 0) is 0 Å². The maximum Gasteiger partial charge on any atom is 0.164 e. The Morgan fingerprint density at radius 2 is 1.00 bits per heavy atom. The van der Waals surface area contributed by atoms with E-state index in [1.54, 1.807) is 0 Å². The van der Waals surface area contributed by atoms with Gasteiger partial charge in [-0.05, 0) is 13.8 Å². The lowest BCUT2D eigenvalue weighted by atomic mass is 10.0. The summed E-state index contributed by atoms with van der Waals surface area (Å²) in [6, 6.07) is 19.5. The molecular weight excluding hydrogens is 348 g/mol. The van der Waals surface area contributed by atoms with Crippen LogP contribution in [0.15, 0.2) is 60.7 Å². The van der Waals surface area contributed by atoms with Crippen molar-refractivity contribution < 1.29 is 9.59 Å². The molecule has 148 valence electrons. The first kappa shape index (κ1) is 20.4. The van der Waals surface area contributed by atoms with Crippen LogP contribution in [0.2, 0.25) is 0 Å². The Morgan fingerprint density at radius 3 is 1.32 bits per heavy atom. The van der Waals surface area contributed by atoms with Crippen LogP contribution in [0.4, 0.5) is 0 Å². The molecule has 2 atom stereocenters. The highest BCUT2D eigenvalue weighted by Gasteiger charge is 2.26. The number of carbonyl (C=O) groups excluding carboxylic acids is 2. The molecule has 2 aromatic carbocycles. The van der Waals surface area contributed by atoms with Crippen molar-refractivity contribution in [2.75, 3.05) is 26.2 Å². The predicted molar refractivity (Wildman–Crippen MR) is 113 cm³/mol. The third kappa shape index (κ3) is 5.37. The van der Waals surface area contributed by atoms with Gasteiger partial charge in [0.2, 0.25) is 0 Å². The second-order valence-corrected chi connectivity index (χ2v) is 7.76. The van der Waals surface area contributed by atoms with Crippen LogP contribution in [-0.4, -0.2) is 59.6 Å². The van der Waals surface area contributed by atoms with Crippen LogP contribution in [0.3, 0.4) is 0 Å². The molecule has 0 saturated carbocycles. The first-order valence-electron chi connectivity index (χ1n) is 10.2. The van der Waals surface area contributed by atoms with E-state index in [1.807, 2.05) is 60.7 Å². The number of piperazine rings is 1. The summed E-state index contributed by atoms with van der Waals surface area (Å²) in [5, 5.41) is 0. The van der Waals surface area contributed by atoms with Gasteiger partial charge in [-0.15, -0.1) is 0 Å². The molecule has 0 aliphatic carbocycles. The first-order chi connectivity index (χ1) is 13.5. The molecule has 2 aromatic rings. The van der Waals surface area contributed by atoms with E-state index in [1.165, 1.54) is 0 Å². The van der Waals surface area contributed by atoms with Crippen LogP contribution in [0.1, 0.15) is 47.4 Å². The van der Waals surface area contributed by atoms with E-state index in [0.717, 1.165) is 37.3 Å². The number of rotatable bonds is 8. The fraction of sp³-hybridized carbons (Fsp3) is 0.417. The third-order valence-electron chi connectivity index (χ3n) is 5.75. The second-order valence-electron chi connectivity index (χ2n) is 7.76. The zero-order valence-electron chi connectivity index (χ0n) is 16.9. The number of nitrogens with zero attached hydrogens (tertiary/aromatic N) is 2. The standard InChI is InChI=1S/C24H30N2O2/c1-19(17-23(27)21-9-5-3-6-10-21)25-13-15-26(16-14-25)20(2)18-24(28)22-11-7-4-8-12-22/h3-12,19-20H,13-18H2,1-2H3. The number of hydrogen-bond acceptors (Lipinski definition) is 4. The highest BCUT2D eigenvalue weighted by Crippen LogP contribution is 2.16. The van der Waals surface area contributed by atoms with Crippen molar-refractivity contribution in [3.63, 3.8) is 0 Å². The van der Waals surface area contributed by atoms with Gasteiger partial charge in [0.05, 0.1) is 0 Å². The van der Waals surface area contributed by atoms with E-state index in [0.29, 0.717) is 12.8 Å². The molecule has 4 heteroatoms. The largest absolute Gasteiger partial charge is 0.298 e. The topological polar surface area (TPSA) is 40.6 Å². The Labute approximate surface area is 168 Å². The lowest BCUT2D eigenvalue weighted by molar-refractivity contribution is 0.0637. The number of benzene rings is 2. The molecule has 0 N–H and O–H groups in total. The summed E-state index contributed by atoms with van der Waals surface area (Å²) in [5.41, 5.74) is 1.59. The number of hydrogen-bond donors (Lipinski definition) is 0. The number of ketones is 2. The Bertz CT molecular complexity index is 700. The van der Waals surface area contributed by atoms with Gasteiger partial charge in [-0.2, -0.15) is 0 Å². The van der Waals surface area contributed by atoms with Crippen LogP contribution in [0.5, 0.6) is 0 Å². The van der Waals surface area contributed by atoms with Gasteiger partial charge in [0, 0.05) is 62.2 Å². The number of carbonyl (C=O) groups is 2. The van der Waals surface area contributed by atoms with E-state index >= 15 is 0 Å². The quantitative estimate of drug-likeness (QED) is 0.653. The SMILES string of the molecule is CC(CC(=O)c1ccccc1)N1CCN(C(C)CC(=O)c2ccccc2)CC1. The van der Waals surface area contributed by atoms with Crippen molar-refractivity contribution in [1.29, 1.82) is 0 Å². The molecule has 3 rings (SSSR count). The van der Waals surface area contributed by atoms with Gasteiger partial charge in [-0.3, -0.25) is 19.4 Å². The molecule has 0 aromatic heterocycles. The first-order valence-corrected chi connectivity index (χ1v) is 10.2. The van der Waals surface area contributed by atoms with Crippen LogP contribution < -0.4 is 0 Å². The molecule has 0 radical (unpaired) electrons. The fourth-order valence-corrected chi connectivity index (χ4v) is 3.90. The van der Waals surface area contributed by atoms with E-state index in [-0.39, 0.29) is 23.7 Å². The van der Waals surface area contributed by atoms with Gasteiger partial charge in [-0.1, -0.05) is 60.7 Å². The van der Waals surface area contributed by atoms with Crippen molar-refractivity contribution in [3.8, 4) is 0 Å². The molecule has 1 heterocycles. The normalized spacial score (nSPS) is 17.8. The molecule has 1 fully saturated rings. The zero-order chi connectivity index (χ0) is 19.9. The third-order valence-corrected chi connectivity index (χ3v) is 5.75. The summed E-state index contributed by atoms with van der Waals surface area (Å²) in [7, 11) is 0. The Balaban J connectivity index is 1.46. The van der Waals surface area contributed by atoms with Crippen LogP contribution in [0.25, 0.3) is 0 Å². The minimum atomic E-state index is 0.206.